The van der Waals surface area contributed by atoms with Crippen LogP contribution in [0.4, 0.5) is 0 Å². The highest BCUT2D eigenvalue weighted by Gasteiger charge is 2.24. The largest absolute Gasteiger partial charge is 0.456 e. The highest BCUT2D eigenvalue weighted by Crippen LogP contribution is 2.34. The number of nitrogens with zero attached hydrogens (tertiary/aromatic N) is 3. The molecule has 4 heterocycles. The minimum atomic E-state index is -0.337. The van der Waals surface area contributed by atoms with Gasteiger partial charge in [0.05, 0.1) is 10.4 Å². The molecule has 0 saturated heterocycles. The van der Waals surface area contributed by atoms with Crippen LogP contribution >= 0.6 is 11.6 Å². The molecule has 7 heteroatoms. The lowest BCUT2D eigenvalue weighted by Crippen LogP contribution is -2.33. The Morgan fingerprint density at radius 1 is 0.718 bits per heavy atom. The Labute approximate surface area is 227 Å². The first-order valence-corrected chi connectivity index (χ1v) is 13.0. The maximum atomic E-state index is 6.19. The summed E-state index contributed by atoms with van der Waals surface area (Å²) in [7, 11) is 0. The molecule has 0 spiro atoms. The molecule has 1 aliphatic heterocycles. The maximum Gasteiger partial charge on any atom is 0.160 e. The Hall–Kier alpha value is -4.94. The van der Waals surface area contributed by atoms with Gasteiger partial charge in [-0.25, -0.2) is 9.98 Å². The quantitative estimate of drug-likeness (QED) is 0.253. The fourth-order valence-electron chi connectivity index (χ4n) is 5.25. The Kier molecular flexibility index (Phi) is 4.84. The first-order valence-electron chi connectivity index (χ1n) is 12.6. The van der Waals surface area contributed by atoms with E-state index in [4.69, 9.17) is 30.4 Å². The van der Waals surface area contributed by atoms with Crippen molar-refractivity contribution in [3.63, 3.8) is 0 Å². The van der Waals surface area contributed by atoms with E-state index in [0.717, 1.165) is 49.5 Å². The van der Waals surface area contributed by atoms with E-state index in [-0.39, 0.29) is 6.17 Å². The Balaban J connectivity index is 1.33. The minimum absolute atomic E-state index is 0.337. The van der Waals surface area contributed by atoms with Crippen LogP contribution < -0.4 is 5.32 Å². The number of rotatable bonds is 3. The van der Waals surface area contributed by atoms with Gasteiger partial charge in [-0.2, -0.15) is 0 Å². The highest BCUT2D eigenvalue weighted by atomic mass is 35.5. The van der Waals surface area contributed by atoms with Gasteiger partial charge >= 0.3 is 0 Å². The smallest absolute Gasteiger partial charge is 0.160 e. The lowest BCUT2D eigenvalue weighted by atomic mass is 10.1. The SMILES string of the molecule is Clc1cnc2c(c1)oc1cccc(C3=NC(c4ccccc4)NC(c4ccc5c(c4)oc4ccccc45)=N3)c12. The summed E-state index contributed by atoms with van der Waals surface area (Å²) in [5.41, 5.74) is 6.49. The van der Waals surface area contributed by atoms with Gasteiger partial charge < -0.3 is 14.2 Å². The minimum Gasteiger partial charge on any atom is -0.456 e. The molecule has 0 fully saturated rings. The van der Waals surface area contributed by atoms with Gasteiger partial charge in [0.25, 0.3) is 0 Å². The topological polar surface area (TPSA) is 75.9 Å². The van der Waals surface area contributed by atoms with Crippen molar-refractivity contribution in [3.05, 3.63) is 125 Å². The average molecular weight is 527 g/mol. The zero-order valence-corrected chi connectivity index (χ0v) is 21.2. The summed E-state index contributed by atoms with van der Waals surface area (Å²) in [6.45, 7) is 0. The van der Waals surface area contributed by atoms with Gasteiger partial charge in [0.1, 0.15) is 34.3 Å². The van der Waals surface area contributed by atoms with Gasteiger partial charge in [-0.3, -0.25) is 4.98 Å². The molecule has 1 aliphatic rings. The van der Waals surface area contributed by atoms with E-state index >= 15 is 0 Å². The summed E-state index contributed by atoms with van der Waals surface area (Å²) in [5, 5.41) is 7.07. The molecule has 0 saturated carbocycles. The van der Waals surface area contributed by atoms with Gasteiger partial charge in [0.2, 0.25) is 0 Å². The first kappa shape index (κ1) is 22.1. The van der Waals surface area contributed by atoms with Crippen molar-refractivity contribution < 1.29 is 8.83 Å². The summed E-state index contributed by atoms with van der Waals surface area (Å²) in [6.07, 6.45) is 1.29. The van der Waals surface area contributed by atoms with E-state index in [9.17, 15) is 0 Å². The number of benzene rings is 4. The molecule has 1 N–H and O–H groups in total. The van der Waals surface area contributed by atoms with E-state index in [0.29, 0.717) is 27.9 Å². The second-order valence-electron chi connectivity index (χ2n) is 9.46. The van der Waals surface area contributed by atoms with Crippen LogP contribution in [0, 0.1) is 0 Å². The number of halogens is 1. The van der Waals surface area contributed by atoms with Crippen molar-refractivity contribution in [2.75, 3.05) is 0 Å². The number of amidine groups is 2. The molecule has 3 aromatic heterocycles. The number of pyridine rings is 1. The number of aliphatic imine (C=N–C) groups is 2. The highest BCUT2D eigenvalue weighted by molar-refractivity contribution is 6.31. The number of hydrogen-bond donors (Lipinski definition) is 1. The van der Waals surface area contributed by atoms with Crippen LogP contribution in [0.25, 0.3) is 44.0 Å². The predicted octanol–water partition coefficient (Wildman–Crippen LogP) is 8.03. The van der Waals surface area contributed by atoms with E-state index < -0.39 is 0 Å². The van der Waals surface area contributed by atoms with Crippen molar-refractivity contribution in [2.24, 2.45) is 9.98 Å². The van der Waals surface area contributed by atoms with Gasteiger partial charge in [-0.1, -0.05) is 78.3 Å². The van der Waals surface area contributed by atoms with E-state index in [1.54, 1.807) is 12.3 Å². The fourth-order valence-corrected chi connectivity index (χ4v) is 5.39. The van der Waals surface area contributed by atoms with Crippen molar-refractivity contribution in [1.82, 2.24) is 10.3 Å². The molecule has 8 rings (SSSR count). The molecule has 0 amide bonds. The molecule has 7 aromatic rings. The number of nitrogens with one attached hydrogen (secondary N) is 1. The van der Waals surface area contributed by atoms with Gasteiger partial charge in [0.15, 0.2) is 11.4 Å². The van der Waals surface area contributed by atoms with Crippen LogP contribution in [-0.4, -0.2) is 16.7 Å². The lowest BCUT2D eigenvalue weighted by Gasteiger charge is -2.23. The zero-order valence-electron chi connectivity index (χ0n) is 20.4. The van der Waals surface area contributed by atoms with Gasteiger partial charge in [-0.15, -0.1) is 0 Å². The van der Waals surface area contributed by atoms with Crippen LogP contribution in [-0.2, 0) is 0 Å². The molecule has 6 nitrogen and oxygen atoms in total. The second-order valence-corrected chi connectivity index (χ2v) is 9.90. The van der Waals surface area contributed by atoms with E-state index in [1.165, 1.54) is 0 Å². The van der Waals surface area contributed by atoms with Gasteiger partial charge in [-0.05, 0) is 29.8 Å². The molecule has 4 aromatic carbocycles. The molecule has 186 valence electrons. The van der Waals surface area contributed by atoms with Crippen LogP contribution in [0.3, 0.4) is 0 Å². The van der Waals surface area contributed by atoms with Crippen molar-refractivity contribution in [2.45, 2.75) is 6.17 Å². The first-order chi connectivity index (χ1) is 19.2. The summed E-state index contributed by atoms with van der Waals surface area (Å²) >= 11 is 6.19. The maximum absolute atomic E-state index is 6.19. The molecule has 1 atom stereocenters. The molecule has 39 heavy (non-hydrogen) atoms. The molecule has 0 radical (unpaired) electrons. The van der Waals surface area contributed by atoms with Crippen molar-refractivity contribution in [1.29, 1.82) is 0 Å². The average Bonchev–Trinajstić information content (AvgIpc) is 3.54. The van der Waals surface area contributed by atoms with Crippen molar-refractivity contribution in [3.8, 4) is 0 Å². The number of para-hydroxylation sites is 1. The second kappa shape index (κ2) is 8.55. The van der Waals surface area contributed by atoms with Crippen molar-refractivity contribution >= 4 is 67.3 Å². The number of aromatic nitrogens is 1. The molecule has 0 bridgehead atoms. The standard InChI is InChI=1S/C32H19ClN4O2/c33-20-16-27-29(34-17-20)28-23(10-6-12-25(28)39-27)32-36-30(18-7-2-1-3-8-18)35-31(37-32)19-13-14-22-21-9-4-5-11-24(21)38-26(22)15-19/h1-17,30H,(H,35,36,37). The Morgan fingerprint density at radius 3 is 2.44 bits per heavy atom. The summed E-state index contributed by atoms with van der Waals surface area (Å²) < 4.78 is 12.3. The molecular weight excluding hydrogens is 508 g/mol. The van der Waals surface area contributed by atoms with Crippen LogP contribution in [0.2, 0.25) is 5.02 Å². The molecule has 0 aliphatic carbocycles. The lowest BCUT2D eigenvalue weighted by molar-refractivity contribution is 0.666. The normalized spacial score (nSPS) is 15.6. The summed E-state index contributed by atoms with van der Waals surface area (Å²) in [6, 6.07) is 32.0. The molecular formula is C32H19ClN4O2. The zero-order chi connectivity index (χ0) is 25.9. The Morgan fingerprint density at radius 2 is 1.51 bits per heavy atom. The van der Waals surface area contributed by atoms with Crippen LogP contribution in [0.15, 0.2) is 122 Å². The van der Waals surface area contributed by atoms with Crippen LogP contribution in [0.5, 0.6) is 0 Å². The third-order valence-corrected chi connectivity index (χ3v) is 7.26. The monoisotopic (exact) mass is 526 g/mol. The Bertz CT molecular complexity index is 2130. The van der Waals surface area contributed by atoms with E-state index in [1.807, 2.05) is 60.7 Å². The predicted molar refractivity (Wildman–Crippen MR) is 156 cm³/mol. The number of fused-ring (bicyclic) bond motifs is 6. The van der Waals surface area contributed by atoms with E-state index in [2.05, 4.69) is 40.6 Å². The molecule has 1 unspecified atom stereocenters. The van der Waals surface area contributed by atoms with Crippen LogP contribution in [0.1, 0.15) is 22.9 Å². The summed E-state index contributed by atoms with van der Waals surface area (Å²) in [4.78, 5) is 14.7. The fraction of sp³-hybridized carbons (Fsp3) is 0.0312. The number of hydrogen-bond acceptors (Lipinski definition) is 6. The third kappa shape index (κ3) is 3.60. The third-order valence-electron chi connectivity index (χ3n) is 7.05. The van der Waals surface area contributed by atoms with Gasteiger partial charge in [0, 0.05) is 34.2 Å². The summed E-state index contributed by atoms with van der Waals surface area (Å²) in [5.74, 6) is 1.30. The number of furan rings is 2.